The first-order valence-electron chi connectivity index (χ1n) is 3.42. The summed E-state index contributed by atoms with van der Waals surface area (Å²) in [6.07, 6.45) is -2.48. The number of hydrogen-bond acceptors (Lipinski definition) is 5. The Bertz CT molecular complexity index is 108. The number of hydrogen-bond donors (Lipinski definition) is 5. The molecule has 0 amide bonds. The summed E-state index contributed by atoms with van der Waals surface area (Å²) in [5.41, 5.74) is 0. The van der Waals surface area contributed by atoms with E-state index in [0.717, 1.165) is 0 Å². The summed E-state index contributed by atoms with van der Waals surface area (Å²) < 4.78 is 0. The van der Waals surface area contributed by atoms with Crippen LogP contribution in [0, 0.1) is 0 Å². The van der Waals surface area contributed by atoms with Gasteiger partial charge in [-0.15, -0.1) is 0 Å². The maximum Gasteiger partial charge on any atom is 0.305 e. The van der Waals surface area contributed by atoms with Gasteiger partial charge in [-0.05, 0) is 6.42 Å². The number of aliphatic hydroxyl groups excluding tert-OH is 2. The lowest BCUT2D eigenvalue weighted by molar-refractivity contribution is -0.366. The smallest absolute Gasteiger partial charge is 0.305 e. The number of aliphatic hydroxyl groups is 5. The lowest BCUT2D eigenvalue weighted by Gasteiger charge is -2.24. The third-order valence-electron chi connectivity index (χ3n) is 1.35. The molecule has 0 rings (SSSR count). The molecule has 0 fully saturated rings. The second kappa shape index (κ2) is 3.99. The minimum absolute atomic E-state index is 0.199. The van der Waals surface area contributed by atoms with Gasteiger partial charge in [0.25, 0.3) is 0 Å². The normalized spacial score (nSPS) is 18.0. The van der Waals surface area contributed by atoms with Crippen LogP contribution in [0.15, 0.2) is 0 Å². The zero-order valence-electron chi connectivity index (χ0n) is 6.30. The molecule has 0 aliphatic heterocycles. The predicted octanol–water partition coefficient (Wildman–Crippen LogP) is -1.86. The van der Waals surface area contributed by atoms with E-state index >= 15 is 0 Å². The average Bonchev–Trinajstić information content (AvgIpc) is 1.85. The topological polar surface area (TPSA) is 101 Å². The molecule has 0 spiro atoms. The maximum absolute atomic E-state index is 8.92. The molecule has 0 aromatic rings. The van der Waals surface area contributed by atoms with Crippen LogP contribution < -0.4 is 0 Å². The van der Waals surface area contributed by atoms with E-state index in [1.165, 1.54) is 0 Å². The van der Waals surface area contributed by atoms with Crippen molar-refractivity contribution in [3.05, 3.63) is 0 Å². The van der Waals surface area contributed by atoms with Gasteiger partial charge < -0.3 is 25.5 Å². The molecule has 0 radical (unpaired) electrons. The summed E-state index contributed by atoms with van der Waals surface area (Å²) in [6.45, 7) is 1.75. The van der Waals surface area contributed by atoms with Crippen LogP contribution in [0.5, 0.6) is 0 Å². The van der Waals surface area contributed by atoms with Crippen LogP contribution in [-0.4, -0.2) is 43.7 Å². The fraction of sp³-hybridized carbons (Fsp3) is 1.00. The van der Waals surface area contributed by atoms with Crippen LogP contribution in [0.4, 0.5) is 0 Å². The van der Waals surface area contributed by atoms with E-state index in [-0.39, 0.29) is 6.42 Å². The Morgan fingerprint density at radius 3 is 1.91 bits per heavy atom. The highest BCUT2D eigenvalue weighted by molar-refractivity contribution is 4.72. The monoisotopic (exact) mass is 166 g/mol. The lowest BCUT2D eigenvalue weighted by Crippen LogP contribution is -2.48. The Morgan fingerprint density at radius 2 is 1.64 bits per heavy atom. The molecule has 11 heavy (non-hydrogen) atoms. The van der Waals surface area contributed by atoms with E-state index in [9.17, 15) is 0 Å². The zero-order valence-corrected chi connectivity index (χ0v) is 6.30. The first-order chi connectivity index (χ1) is 4.89. The Hall–Kier alpha value is -0.200. The van der Waals surface area contributed by atoms with E-state index in [2.05, 4.69) is 0 Å². The molecule has 0 aromatic carbocycles. The molecular weight excluding hydrogens is 152 g/mol. The molecular formula is C6H14O5. The standard InChI is InChI=1S/C6H14O5/c1-2-3-4(7)5(8)6(9,10)11/h4-5,7-11H,2-3H2,1H3. The molecule has 0 aliphatic rings. The molecule has 2 unspecified atom stereocenters. The minimum atomic E-state index is -3.21. The fourth-order valence-electron chi connectivity index (χ4n) is 0.712. The van der Waals surface area contributed by atoms with Gasteiger partial charge >= 0.3 is 5.97 Å². The van der Waals surface area contributed by atoms with Gasteiger partial charge in [-0.2, -0.15) is 0 Å². The molecule has 5 heteroatoms. The molecule has 5 nitrogen and oxygen atoms in total. The fourth-order valence-corrected chi connectivity index (χ4v) is 0.712. The van der Waals surface area contributed by atoms with E-state index in [0.29, 0.717) is 6.42 Å². The Kier molecular flexibility index (Phi) is 3.91. The van der Waals surface area contributed by atoms with Crippen molar-refractivity contribution in [2.24, 2.45) is 0 Å². The Balaban J connectivity index is 3.91. The van der Waals surface area contributed by atoms with Crippen molar-refractivity contribution in [3.63, 3.8) is 0 Å². The molecule has 2 atom stereocenters. The summed E-state index contributed by atoms with van der Waals surface area (Å²) in [5, 5.41) is 42.9. The van der Waals surface area contributed by atoms with Gasteiger partial charge in [0.15, 0.2) is 6.10 Å². The van der Waals surface area contributed by atoms with Crippen molar-refractivity contribution in [3.8, 4) is 0 Å². The lowest BCUT2D eigenvalue weighted by atomic mass is 10.1. The summed E-state index contributed by atoms with van der Waals surface area (Å²) in [7, 11) is 0. The second-order valence-corrected chi connectivity index (χ2v) is 2.49. The SMILES string of the molecule is CCCC(O)C(O)C(O)(O)O. The zero-order chi connectivity index (χ0) is 9.07. The molecule has 5 N–H and O–H groups in total. The third kappa shape index (κ3) is 3.64. The largest absolute Gasteiger partial charge is 0.390 e. The molecule has 68 valence electrons. The van der Waals surface area contributed by atoms with Crippen LogP contribution >= 0.6 is 0 Å². The average molecular weight is 166 g/mol. The van der Waals surface area contributed by atoms with Crippen molar-refractivity contribution < 1.29 is 25.5 Å². The van der Waals surface area contributed by atoms with Gasteiger partial charge in [-0.25, -0.2) is 0 Å². The van der Waals surface area contributed by atoms with Crippen LogP contribution in [0.25, 0.3) is 0 Å². The summed E-state index contributed by atoms with van der Waals surface area (Å²) in [4.78, 5) is 0. The van der Waals surface area contributed by atoms with E-state index in [1.54, 1.807) is 6.92 Å². The Labute approximate surface area is 64.5 Å². The van der Waals surface area contributed by atoms with Crippen molar-refractivity contribution in [2.45, 2.75) is 37.9 Å². The highest BCUT2D eigenvalue weighted by Gasteiger charge is 2.35. The first-order valence-corrected chi connectivity index (χ1v) is 3.42. The quantitative estimate of drug-likeness (QED) is 0.315. The maximum atomic E-state index is 8.92. The molecule has 0 heterocycles. The molecule has 0 aliphatic carbocycles. The number of rotatable bonds is 4. The molecule has 0 bridgehead atoms. The van der Waals surface area contributed by atoms with Gasteiger partial charge in [0, 0.05) is 0 Å². The van der Waals surface area contributed by atoms with Gasteiger partial charge in [-0.3, -0.25) is 0 Å². The second-order valence-electron chi connectivity index (χ2n) is 2.49. The van der Waals surface area contributed by atoms with Crippen molar-refractivity contribution >= 4 is 0 Å². The van der Waals surface area contributed by atoms with Crippen LogP contribution in [0.3, 0.4) is 0 Å². The van der Waals surface area contributed by atoms with Crippen LogP contribution in [0.2, 0.25) is 0 Å². The third-order valence-corrected chi connectivity index (χ3v) is 1.35. The van der Waals surface area contributed by atoms with Crippen molar-refractivity contribution in [1.82, 2.24) is 0 Å². The van der Waals surface area contributed by atoms with Crippen molar-refractivity contribution in [2.75, 3.05) is 0 Å². The molecule has 0 saturated carbocycles. The van der Waals surface area contributed by atoms with Gasteiger partial charge in [0.1, 0.15) is 0 Å². The molecule has 0 saturated heterocycles. The summed E-state index contributed by atoms with van der Waals surface area (Å²) in [5.74, 6) is -3.21. The van der Waals surface area contributed by atoms with Crippen LogP contribution in [-0.2, 0) is 0 Å². The summed E-state index contributed by atoms with van der Waals surface area (Å²) >= 11 is 0. The highest BCUT2D eigenvalue weighted by Crippen LogP contribution is 2.10. The van der Waals surface area contributed by atoms with Gasteiger partial charge in [0.05, 0.1) is 6.10 Å². The first kappa shape index (κ1) is 10.8. The summed E-state index contributed by atoms with van der Waals surface area (Å²) in [6, 6.07) is 0. The minimum Gasteiger partial charge on any atom is -0.390 e. The van der Waals surface area contributed by atoms with Gasteiger partial charge in [-0.1, -0.05) is 13.3 Å². The molecule has 0 aromatic heterocycles. The highest BCUT2D eigenvalue weighted by atomic mass is 16.7. The van der Waals surface area contributed by atoms with E-state index < -0.39 is 18.2 Å². The Morgan fingerprint density at radius 1 is 1.18 bits per heavy atom. The van der Waals surface area contributed by atoms with Gasteiger partial charge in [0.2, 0.25) is 0 Å². The predicted molar refractivity (Wildman–Crippen MR) is 36.3 cm³/mol. The van der Waals surface area contributed by atoms with Crippen LogP contribution in [0.1, 0.15) is 19.8 Å². The van der Waals surface area contributed by atoms with E-state index in [4.69, 9.17) is 25.5 Å². The van der Waals surface area contributed by atoms with Crippen molar-refractivity contribution in [1.29, 1.82) is 0 Å². The van der Waals surface area contributed by atoms with E-state index in [1.807, 2.05) is 0 Å².